The molecule has 0 spiro atoms. The van der Waals surface area contributed by atoms with Gasteiger partial charge in [0.05, 0.1) is 6.10 Å². The summed E-state index contributed by atoms with van der Waals surface area (Å²) in [5.41, 5.74) is 6.32. The van der Waals surface area contributed by atoms with Gasteiger partial charge < -0.3 is 15.7 Å². The molecular formula is C11H17N3O. The predicted octanol–water partition coefficient (Wildman–Crippen LogP) is 0.674. The van der Waals surface area contributed by atoms with Crippen molar-refractivity contribution in [1.29, 1.82) is 0 Å². The molecule has 0 aromatic carbocycles. The first-order valence-electron chi connectivity index (χ1n) is 5.41. The summed E-state index contributed by atoms with van der Waals surface area (Å²) < 4.78 is 0. The van der Waals surface area contributed by atoms with Crippen LogP contribution in [0.25, 0.3) is 0 Å². The van der Waals surface area contributed by atoms with E-state index in [0.717, 1.165) is 24.5 Å². The van der Waals surface area contributed by atoms with Gasteiger partial charge in [0.25, 0.3) is 0 Å². The van der Waals surface area contributed by atoms with E-state index in [-0.39, 0.29) is 6.54 Å². The topological polar surface area (TPSA) is 62.4 Å². The van der Waals surface area contributed by atoms with Gasteiger partial charge in [-0.2, -0.15) is 0 Å². The molecule has 1 fully saturated rings. The molecule has 0 amide bonds. The van der Waals surface area contributed by atoms with Crippen LogP contribution in [0, 0.1) is 0 Å². The van der Waals surface area contributed by atoms with Crippen LogP contribution in [-0.4, -0.2) is 29.7 Å². The molecule has 1 aromatic heterocycles. The van der Waals surface area contributed by atoms with Crippen LogP contribution in [0.4, 0.5) is 5.82 Å². The number of nitrogens with zero attached hydrogens (tertiary/aromatic N) is 2. The van der Waals surface area contributed by atoms with E-state index < -0.39 is 6.10 Å². The lowest BCUT2D eigenvalue weighted by molar-refractivity contribution is 0.186. The van der Waals surface area contributed by atoms with Gasteiger partial charge in [-0.15, -0.1) is 0 Å². The van der Waals surface area contributed by atoms with Crippen molar-refractivity contribution >= 4 is 5.82 Å². The molecule has 3 N–H and O–H groups in total. The van der Waals surface area contributed by atoms with E-state index in [1.165, 1.54) is 12.8 Å². The summed E-state index contributed by atoms with van der Waals surface area (Å²) in [6.07, 6.45) is 3.57. The Morgan fingerprint density at radius 3 is 2.87 bits per heavy atom. The van der Waals surface area contributed by atoms with Crippen LogP contribution in [0.1, 0.15) is 24.5 Å². The van der Waals surface area contributed by atoms with E-state index in [2.05, 4.69) is 9.88 Å². The number of aliphatic hydroxyl groups is 1. The van der Waals surface area contributed by atoms with Gasteiger partial charge in [0.15, 0.2) is 0 Å². The van der Waals surface area contributed by atoms with Gasteiger partial charge in [0.2, 0.25) is 0 Å². The largest absolute Gasteiger partial charge is 0.387 e. The summed E-state index contributed by atoms with van der Waals surface area (Å²) in [6.45, 7) is 2.30. The van der Waals surface area contributed by atoms with Crippen LogP contribution < -0.4 is 10.6 Å². The molecule has 1 saturated heterocycles. The first-order chi connectivity index (χ1) is 7.33. The third-order valence-electron chi connectivity index (χ3n) is 2.80. The molecule has 0 aliphatic carbocycles. The molecular weight excluding hydrogens is 190 g/mol. The highest BCUT2D eigenvalue weighted by Crippen LogP contribution is 2.26. The number of anilines is 1. The Hall–Kier alpha value is -1.13. The van der Waals surface area contributed by atoms with Crippen molar-refractivity contribution in [2.75, 3.05) is 24.5 Å². The number of aromatic nitrogens is 1. The summed E-state index contributed by atoms with van der Waals surface area (Å²) in [4.78, 5) is 6.56. The van der Waals surface area contributed by atoms with Crippen molar-refractivity contribution in [1.82, 2.24) is 4.98 Å². The van der Waals surface area contributed by atoms with Gasteiger partial charge in [0.1, 0.15) is 5.82 Å². The Morgan fingerprint density at radius 1 is 1.47 bits per heavy atom. The number of hydrogen-bond donors (Lipinski definition) is 2. The van der Waals surface area contributed by atoms with Crippen LogP contribution in [-0.2, 0) is 0 Å². The van der Waals surface area contributed by atoms with Crippen molar-refractivity contribution in [2.24, 2.45) is 5.73 Å². The van der Waals surface area contributed by atoms with Crippen molar-refractivity contribution in [3.05, 3.63) is 23.9 Å². The quantitative estimate of drug-likeness (QED) is 0.765. The molecule has 0 radical (unpaired) electrons. The van der Waals surface area contributed by atoms with E-state index in [1.807, 2.05) is 12.1 Å². The zero-order valence-electron chi connectivity index (χ0n) is 8.76. The summed E-state index contributed by atoms with van der Waals surface area (Å²) in [7, 11) is 0. The minimum atomic E-state index is -0.603. The third-order valence-corrected chi connectivity index (χ3v) is 2.80. The number of pyridine rings is 1. The molecule has 1 atom stereocenters. The Bertz CT molecular complexity index is 323. The molecule has 1 aromatic rings. The van der Waals surface area contributed by atoms with Crippen molar-refractivity contribution in [2.45, 2.75) is 18.9 Å². The lowest BCUT2D eigenvalue weighted by Crippen LogP contribution is -2.23. The van der Waals surface area contributed by atoms with Gasteiger partial charge in [0, 0.05) is 31.4 Å². The highest BCUT2D eigenvalue weighted by molar-refractivity contribution is 5.48. The summed E-state index contributed by atoms with van der Waals surface area (Å²) in [5, 5.41) is 9.78. The summed E-state index contributed by atoms with van der Waals surface area (Å²) >= 11 is 0. The lowest BCUT2D eigenvalue weighted by atomic mass is 10.1. The SMILES string of the molecule is NC[C@H](O)c1cccnc1N1CCCC1. The van der Waals surface area contributed by atoms with Crippen LogP contribution in [0.3, 0.4) is 0 Å². The Labute approximate surface area is 89.7 Å². The zero-order chi connectivity index (χ0) is 10.7. The Balaban J connectivity index is 2.28. The van der Waals surface area contributed by atoms with Gasteiger partial charge in [-0.3, -0.25) is 0 Å². The van der Waals surface area contributed by atoms with E-state index in [4.69, 9.17) is 5.73 Å². The number of aliphatic hydroxyl groups excluding tert-OH is 1. The predicted molar refractivity (Wildman–Crippen MR) is 59.7 cm³/mol. The molecule has 4 nitrogen and oxygen atoms in total. The second-order valence-corrected chi connectivity index (χ2v) is 3.86. The van der Waals surface area contributed by atoms with Gasteiger partial charge in [-0.1, -0.05) is 6.07 Å². The fraction of sp³-hybridized carbons (Fsp3) is 0.545. The summed E-state index contributed by atoms with van der Waals surface area (Å²) in [6, 6.07) is 3.74. The molecule has 82 valence electrons. The normalized spacial score (nSPS) is 18.1. The lowest BCUT2D eigenvalue weighted by Gasteiger charge is -2.21. The molecule has 4 heteroatoms. The Kier molecular flexibility index (Phi) is 3.18. The molecule has 1 aliphatic heterocycles. The van der Waals surface area contributed by atoms with E-state index >= 15 is 0 Å². The summed E-state index contributed by atoms with van der Waals surface area (Å²) in [5.74, 6) is 0.896. The third kappa shape index (κ3) is 2.11. The zero-order valence-corrected chi connectivity index (χ0v) is 8.76. The highest BCUT2D eigenvalue weighted by atomic mass is 16.3. The first kappa shape index (κ1) is 10.4. The maximum atomic E-state index is 9.78. The highest BCUT2D eigenvalue weighted by Gasteiger charge is 2.19. The van der Waals surface area contributed by atoms with Crippen LogP contribution >= 0.6 is 0 Å². The van der Waals surface area contributed by atoms with E-state index in [0.29, 0.717) is 0 Å². The molecule has 2 rings (SSSR count). The standard InChI is InChI=1S/C11H17N3O/c12-8-10(15)9-4-3-5-13-11(9)14-6-1-2-7-14/h3-5,10,15H,1-2,6-8,12H2/t10-/m0/s1. The maximum Gasteiger partial charge on any atom is 0.134 e. The number of rotatable bonds is 3. The van der Waals surface area contributed by atoms with Crippen LogP contribution in [0.5, 0.6) is 0 Å². The monoisotopic (exact) mass is 207 g/mol. The molecule has 0 unspecified atom stereocenters. The van der Waals surface area contributed by atoms with Crippen molar-refractivity contribution in [3.63, 3.8) is 0 Å². The maximum absolute atomic E-state index is 9.78. The average Bonchev–Trinajstić information content (AvgIpc) is 2.81. The number of hydrogen-bond acceptors (Lipinski definition) is 4. The van der Waals surface area contributed by atoms with Crippen molar-refractivity contribution in [3.8, 4) is 0 Å². The molecule has 0 bridgehead atoms. The van der Waals surface area contributed by atoms with E-state index in [9.17, 15) is 5.11 Å². The molecule has 0 saturated carbocycles. The molecule has 2 heterocycles. The molecule has 1 aliphatic rings. The minimum Gasteiger partial charge on any atom is -0.387 e. The minimum absolute atomic E-state index is 0.243. The fourth-order valence-corrected chi connectivity index (χ4v) is 1.99. The smallest absolute Gasteiger partial charge is 0.134 e. The number of nitrogens with two attached hydrogens (primary N) is 1. The van der Waals surface area contributed by atoms with Gasteiger partial charge >= 0.3 is 0 Å². The Morgan fingerprint density at radius 2 is 2.20 bits per heavy atom. The molecule has 15 heavy (non-hydrogen) atoms. The fourth-order valence-electron chi connectivity index (χ4n) is 1.99. The first-order valence-corrected chi connectivity index (χ1v) is 5.41. The second-order valence-electron chi connectivity index (χ2n) is 3.86. The van der Waals surface area contributed by atoms with Crippen LogP contribution in [0.2, 0.25) is 0 Å². The van der Waals surface area contributed by atoms with Gasteiger partial charge in [-0.05, 0) is 18.9 Å². The van der Waals surface area contributed by atoms with Gasteiger partial charge in [-0.25, -0.2) is 4.98 Å². The van der Waals surface area contributed by atoms with E-state index in [1.54, 1.807) is 6.20 Å². The van der Waals surface area contributed by atoms with Crippen LogP contribution in [0.15, 0.2) is 18.3 Å². The van der Waals surface area contributed by atoms with Crippen molar-refractivity contribution < 1.29 is 5.11 Å². The average molecular weight is 207 g/mol. The second kappa shape index (κ2) is 4.59.